The molecule has 0 bridgehead atoms. The topological polar surface area (TPSA) is 119 Å². The molecule has 106 valence electrons. The quantitative estimate of drug-likeness (QED) is 0.331. The van der Waals surface area contributed by atoms with Gasteiger partial charge in [-0.05, 0) is 6.07 Å². The smallest absolute Gasteiger partial charge is 0.352 e. The monoisotopic (exact) mass is 282 g/mol. The summed E-state index contributed by atoms with van der Waals surface area (Å²) in [5.41, 5.74) is -1.82. The van der Waals surface area contributed by atoms with Gasteiger partial charge in [0, 0.05) is 5.56 Å². The molecule has 0 spiro atoms. The fraction of sp³-hybridized carbons (Fsp3) is 0.250. The van der Waals surface area contributed by atoms with Crippen molar-refractivity contribution in [3.63, 3.8) is 0 Å². The molecule has 2 rings (SSSR count). The molecule has 0 fully saturated rings. The molecule has 0 saturated carbocycles. The van der Waals surface area contributed by atoms with E-state index in [0.29, 0.717) is 0 Å². The van der Waals surface area contributed by atoms with Gasteiger partial charge >= 0.3 is 17.9 Å². The maximum Gasteiger partial charge on any atom is 0.352 e. The van der Waals surface area contributed by atoms with Crippen LogP contribution in [0.4, 0.5) is 0 Å². The number of hydrogen-bond acceptors (Lipinski definition) is 6. The fourth-order valence-electron chi connectivity index (χ4n) is 1.85. The predicted octanol–water partition coefficient (Wildman–Crippen LogP) is 0.308. The highest BCUT2D eigenvalue weighted by molar-refractivity contribution is 5.92. The van der Waals surface area contributed by atoms with Crippen LogP contribution in [0.2, 0.25) is 0 Å². The van der Waals surface area contributed by atoms with E-state index < -0.39 is 36.5 Å². The Labute approximate surface area is 112 Å². The van der Waals surface area contributed by atoms with Crippen molar-refractivity contribution < 1.29 is 39.1 Å². The highest BCUT2D eigenvalue weighted by Crippen LogP contribution is 2.43. The summed E-state index contributed by atoms with van der Waals surface area (Å²) in [5.74, 6) is -3.46. The van der Waals surface area contributed by atoms with Crippen LogP contribution in [-0.4, -0.2) is 34.7 Å². The minimum atomic E-state index is -2.00. The van der Waals surface area contributed by atoms with Crippen molar-refractivity contribution in [1.82, 2.24) is 0 Å². The Morgan fingerprint density at radius 2 is 1.90 bits per heavy atom. The van der Waals surface area contributed by atoms with Crippen molar-refractivity contribution in [3.8, 4) is 5.75 Å². The zero-order valence-corrected chi connectivity index (χ0v) is 10.1. The lowest BCUT2D eigenvalue weighted by molar-refractivity contribution is -0.352. The van der Waals surface area contributed by atoms with Crippen LogP contribution in [0.3, 0.4) is 0 Å². The second-order valence-corrected chi connectivity index (χ2v) is 4.02. The number of fused-ring (bicyclic) bond motifs is 1. The van der Waals surface area contributed by atoms with Gasteiger partial charge in [-0.15, -0.1) is 0 Å². The number of aliphatic carboxylic acids is 2. The molecule has 1 aromatic rings. The van der Waals surface area contributed by atoms with Crippen molar-refractivity contribution in [2.75, 3.05) is 6.61 Å². The van der Waals surface area contributed by atoms with E-state index in [1.165, 1.54) is 12.1 Å². The first-order valence-electron chi connectivity index (χ1n) is 5.52. The molecule has 2 N–H and O–H groups in total. The van der Waals surface area contributed by atoms with Crippen LogP contribution in [0.5, 0.6) is 5.75 Å². The number of benzene rings is 1. The van der Waals surface area contributed by atoms with Crippen LogP contribution in [0.15, 0.2) is 24.3 Å². The molecule has 1 aliphatic rings. The average molecular weight is 282 g/mol. The standard InChI is InChI=1S/C12H10O8/c13-9(14)5-12(20-18-6-10(15)16)7-3-1-2-4-8(7)19-11(12)17/h1-4H,5-6H2,(H,13,14)(H,15,16). The molecule has 1 aliphatic heterocycles. The second kappa shape index (κ2) is 5.27. The summed E-state index contributed by atoms with van der Waals surface area (Å²) in [6.07, 6.45) is -0.748. The first-order chi connectivity index (χ1) is 9.45. The van der Waals surface area contributed by atoms with Crippen LogP contribution < -0.4 is 4.74 Å². The zero-order valence-electron chi connectivity index (χ0n) is 10.1. The summed E-state index contributed by atoms with van der Waals surface area (Å²) >= 11 is 0. The van der Waals surface area contributed by atoms with Crippen molar-refractivity contribution in [3.05, 3.63) is 29.8 Å². The Morgan fingerprint density at radius 3 is 2.55 bits per heavy atom. The summed E-state index contributed by atoms with van der Waals surface area (Å²) in [6, 6.07) is 6.09. The number of carboxylic acid groups (broad SMARTS) is 2. The van der Waals surface area contributed by atoms with Gasteiger partial charge in [-0.25, -0.2) is 19.4 Å². The van der Waals surface area contributed by atoms with E-state index >= 15 is 0 Å². The molecule has 0 saturated heterocycles. The Bertz CT molecular complexity index is 566. The van der Waals surface area contributed by atoms with Gasteiger partial charge in [0.1, 0.15) is 5.75 Å². The number of carbonyl (C=O) groups is 3. The Hall–Kier alpha value is -2.45. The van der Waals surface area contributed by atoms with Crippen LogP contribution in [0.1, 0.15) is 12.0 Å². The third-order valence-electron chi connectivity index (χ3n) is 2.64. The second-order valence-electron chi connectivity index (χ2n) is 4.02. The van der Waals surface area contributed by atoms with Gasteiger partial charge in [0.15, 0.2) is 6.61 Å². The predicted molar refractivity (Wildman–Crippen MR) is 60.7 cm³/mol. The summed E-state index contributed by atoms with van der Waals surface area (Å²) in [6.45, 7) is -0.836. The number of hydrogen-bond donors (Lipinski definition) is 2. The van der Waals surface area contributed by atoms with Crippen molar-refractivity contribution in [2.45, 2.75) is 12.0 Å². The maximum absolute atomic E-state index is 11.9. The molecule has 0 radical (unpaired) electrons. The number of rotatable bonds is 6. The first-order valence-corrected chi connectivity index (χ1v) is 5.52. The number of esters is 1. The lowest BCUT2D eigenvalue weighted by Gasteiger charge is -2.22. The number of carboxylic acids is 2. The van der Waals surface area contributed by atoms with Gasteiger partial charge in [-0.3, -0.25) is 4.79 Å². The first kappa shape index (κ1) is 14.0. The van der Waals surface area contributed by atoms with E-state index in [0.717, 1.165) is 0 Å². The van der Waals surface area contributed by atoms with Crippen LogP contribution >= 0.6 is 0 Å². The highest BCUT2D eigenvalue weighted by Gasteiger charge is 2.53. The van der Waals surface area contributed by atoms with E-state index in [-0.39, 0.29) is 11.3 Å². The molecular weight excluding hydrogens is 272 g/mol. The number of carbonyl (C=O) groups excluding carboxylic acids is 1. The molecule has 1 heterocycles. The molecule has 1 aromatic carbocycles. The van der Waals surface area contributed by atoms with E-state index in [1.54, 1.807) is 12.1 Å². The van der Waals surface area contributed by atoms with Gasteiger partial charge in [-0.2, -0.15) is 0 Å². The normalized spacial score (nSPS) is 20.3. The van der Waals surface area contributed by atoms with E-state index in [2.05, 4.69) is 4.89 Å². The summed E-state index contributed by atoms with van der Waals surface area (Å²) in [7, 11) is 0. The van der Waals surface area contributed by atoms with E-state index in [9.17, 15) is 14.4 Å². The van der Waals surface area contributed by atoms with Gasteiger partial charge in [0.25, 0.3) is 0 Å². The fourth-order valence-corrected chi connectivity index (χ4v) is 1.85. The minimum Gasteiger partial charge on any atom is -0.481 e. The average Bonchev–Trinajstić information content (AvgIpc) is 2.62. The van der Waals surface area contributed by atoms with Crippen LogP contribution in [-0.2, 0) is 29.8 Å². The van der Waals surface area contributed by atoms with E-state index in [4.69, 9.17) is 19.8 Å². The van der Waals surface area contributed by atoms with Gasteiger partial charge in [-0.1, -0.05) is 18.2 Å². The lowest BCUT2D eigenvalue weighted by atomic mass is 9.92. The molecule has 20 heavy (non-hydrogen) atoms. The van der Waals surface area contributed by atoms with Gasteiger partial charge < -0.3 is 14.9 Å². The minimum absolute atomic E-state index is 0.151. The van der Waals surface area contributed by atoms with Crippen molar-refractivity contribution >= 4 is 17.9 Å². The Kier molecular flexibility index (Phi) is 3.68. The molecule has 8 heteroatoms. The highest BCUT2D eigenvalue weighted by atomic mass is 17.2. The van der Waals surface area contributed by atoms with E-state index in [1.807, 2.05) is 0 Å². The largest absolute Gasteiger partial charge is 0.481 e. The Balaban J connectivity index is 2.34. The maximum atomic E-state index is 11.9. The number of ether oxygens (including phenoxy) is 1. The third kappa shape index (κ3) is 2.46. The van der Waals surface area contributed by atoms with Gasteiger partial charge in [0.2, 0.25) is 5.60 Å². The molecule has 0 aliphatic carbocycles. The summed E-state index contributed by atoms with van der Waals surface area (Å²) in [5, 5.41) is 17.4. The van der Waals surface area contributed by atoms with Crippen molar-refractivity contribution in [1.29, 1.82) is 0 Å². The van der Waals surface area contributed by atoms with Crippen molar-refractivity contribution in [2.24, 2.45) is 0 Å². The molecule has 0 amide bonds. The zero-order chi connectivity index (χ0) is 14.8. The molecule has 1 unspecified atom stereocenters. The molecule has 0 aromatic heterocycles. The van der Waals surface area contributed by atoms with Crippen LogP contribution in [0.25, 0.3) is 0 Å². The van der Waals surface area contributed by atoms with Crippen LogP contribution in [0, 0.1) is 0 Å². The molecule has 1 atom stereocenters. The molecular formula is C12H10O8. The molecule has 8 nitrogen and oxygen atoms in total. The SMILES string of the molecule is O=C(O)COOC1(CC(=O)O)C(=O)Oc2ccccc21. The Morgan fingerprint density at radius 1 is 1.20 bits per heavy atom. The van der Waals surface area contributed by atoms with Gasteiger partial charge in [0.05, 0.1) is 6.42 Å². The summed E-state index contributed by atoms with van der Waals surface area (Å²) < 4.78 is 4.93. The number of para-hydroxylation sites is 1. The summed E-state index contributed by atoms with van der Waals surface area (Å²) in [4.78, 5) is 42.5. The third-order valence-corrected chi connectivity index (χ3v) is 2.64. The lowest BCUT2D eigenvalue weighted by Crippen LogP contribution is -2.39.